The zero-order chi connectivity index (χ0) is 19.1. The van der Waals surface area contributed by atoms with E-state index in [-0.39, 0.29) is 25.4 Å². The summed E-state index contributed by atoms with van der Waals surface area (Å²) < 4.78 is 13.3. The van der Waals surface area contributed by atoms with Gasteiger partial charge < -0.3 is 21.1 Å². The molecule has 2 rings (SSSR count). The molecule has 4 N–H and O–H groups in total. The number of non-ortho nitro benzene ring substituents is 1. The fourth-order valence-electron chi connectivity index (χ4n) is 2.24. The average Bonchev–Trinajstić information content (AvgIpc) is 2.61. The predicted octanol–water partition coefficient (Wildman–Crippen LogP) is 2.50. The fraction of sp³-hybridized carbons (Fsp3) is 0.235. The van der Waals surface area contributed by atoms with E-state index in [0.717, 1.165) is 0 Å². The minimum absolute atomic E-state index is 0.115. The van der Waals surface area contributed by atoms with Gasteiger partial charge in [-0.05, 0) is 30.7 Å². The summed E-state index contributed by atoms with van der Waals surface area (Å²) in [6.45, 7) is 1.70. The average molecular weight is 362 g/mol. The van der Waals surface area contributed by atoms with E-state index in [1.807, 2.05) is 0 Å². The van der Waals surface area contributed by atoms with Crippen molar-refractivity contribution >= 4 is 28.7 Å². The van der Waals surface area contributed by atoms with E-state index < -0.39 is 16.6 Å². The molecule has 2 aromatic rings. The number of anilines is 3. The third kappa shape index (κ3) is 5.15. The smallest absolute Gasteiger partial charge is 0.271 e. The Hall–Kier alpha value is -3.20. The molecule has 9 heteroatoms. The summed E-state index contributed by atoms with van der Waals surface area (Å²) in [5, 5.41) is 28.1. The van der Waals surface area contributed by atoms with Gasteiger partial charge in [-0.2, -0.15) is 0 Å². The zero-order valence-corrected chi connectivity index (χ0v) is 14.1. The highest BCUT2D eigenvalue weighted by atomic mass is 19.1. The number of amides is 1. The molecule has 0 aromatic heterocycles. The van der Waals surface area contributed by atoms with Gasteiger partial charge >= 0.3 is 0 Å². The van der Waals surface area contributed by atoms with Crippen LogP contribution < -0.4 is 16.0 Å². The van der Waals surface area contributed by atoms with Crippen LogP contribution in [0.3, 0.4) is 0 Å². The van der Waals surface area contributed by atoms with Crippen LogP contribution in [-0.4, -0.2) is 35.6 Å². The molecule has 0 atom stereocenters. The Bertz CT molecular complexity index is 813. The van der Waals surface area contributed by atoms with Crippen LogP contribution in [0.1, 0.15) is 5.56 Å². The zero-order valence-electron chi connectivity index (χ0n) is 14.1. The van der Waals surface area contributed by atoms with Crippen LogP contribution in [0.15, 0.2) is 36.4 Å². The van der Waals surface area contributed by atoms with Crippen LogP contribution in [0.5, 0.6) is 0 Å². The lowest BCUT2D eigenvalue weighted by Gasteiger charge is -2.14. The van der Waals surface area contributed by atoms with Gasteiger partial charge in [0.2, 0.25) is 5.91 Å². The van der Waals surface area contributed by atoms with E-state index in [0.29, 0.717) is 22.6 Å². The number of carbonyl (C=O) groups is 1. The van der Waals surface area contributed by atoms with Crippen molar-refractivity contribution in [2.75, 3.05) is 35.6 Å². The molecule has 0 bridgehead atoms. The Kier molecular flexibility index (Phi) is 6.45. The van der Waals surface area contributed by atoms with Crippen LogP contribution in [0.25, 0.3) is 0 Å². The number of aryl methyl sites for hydroxylation is 1. The van der Waals surface area contributed by atoms with Gasteiger partial charge in [0.15, 0.2) is 0 Å². The highest BCUT2D eigenvalue weighted by molar-refractivity contribution is 5.95. The Balaban J connectivity index is 2.08. The second kappa shape index (κ2) is 8.77. The number of halogens is 1. The standard InChI is InChI=1S/C17H19FN4O4/c1-11-2-3-12(18)8-15(11)21-17(24)10-20-16-9-13(22(25)26)4-5-14(16)19-6-7-23/h2-5,8-9,19-20,23H,6-7,10H2,1H3,(H,21,24). The van der Waals surface area contributed by atoms with Crippen molar-refractivity contribution in [3.05, 3.63) is 57.9 Å². The maximum absolute atomic E-state index is 13.3. The van der Waals surface area contributed by atoms with Gasteiger partial charge in [0.1, 0.15) is 5.82 Å². The number of hydrogen-bond donors (Lipinski definition) is 4. The molecule has 0 aliphatic rings. The lowest BCUT2D eigenvalue weighted by atomic mass is 10.2. The van der Waals surface area contributed by atoms with E-state index in [9.17, 15) is 19.3 Å². The van der Waals surface area contributed by atoms with Gasteiger partial charge in [-0.15, -0.1) is 0 Å². The Morgan fingerprint density at radius 3 is 2.62 bits per heavy atom. The van der Waals surface area contributed by atoms with E-state index in [1.165, 1.54) is 30.3 Å². The van der Waals surface area contributed by atoms with Crippen LogP contribution >= 0.6 is 0 Å². The van der Waals surface area contributed by atoms with Crippen molar-refractivity contribution in [3.8, 4) is 0 Å². The molecular weight excluding hydrogens is 343 g/mol. The topological polar surface area (TPSA) is 117 Å². The normalized spacial score (nSPS) is 10.3. The minimum Gasteiger partial charge on any atom is -0.395 e. The second-order valence-electron chi connectivity index (χ2n) is 5.50. The Labute approximate surface area is 149 Å². The summed E-state index contributed by atoms with van der Waals surface area (Å²) in [4.78, 5) is 22.5. The van der Waals surface area contributed by atoms with Crippen molar-refractivity contribution < 1.29 is 19.2 Å². The monoisotopic (exact) mass is 362 g/mol. The lowest BCUT2D eigenvalue weighted by Crippen LogP contribution is -2.23. The number of hydrogen-bond acceptors (Lipinski definition) is 6. The first-order valence-corrected chi connectivity index (χ1v) is 7.83. The summed E-state index contributed by atoms with van der Waals surface area (Å²) in [6.07, 6.45) is 0. The number of aliphatic hydroxyl groups is 1. The number of aliphatic hydroxyl groups excluding tert-OH is 1. The lowest BCUT2D eigenvalue weighted by molar-refractivity contribution is -0.384. The molecular formula is C17H19FN4O4. The van der Waals surface area contributed by atoms with Gasteiger partial charge in [-0.25, -0.2) is 4.39 Å². The van der Waals surface area contributed by atoms with Crippen LogP contribution in [-0.2, 0) is 4.79 Å². The van der Waals surface area contributed by atoms with Crippen molar-refractivity contribution in [2.24, 2.45) is 0 Å². The van der Waals surface area contributed by atoms with E-state index in [1.54, 1.807) is 13.0 Å². The molecule has 0 aliphatic heterocycles. The Morgan fingerprint density at radius 2 is 1.92 bits per heavy atom. The maximum Gasteiger partial charge on any atom is 0.271 e. The summed E-state index contributed by atoms with van der Waals surface area (Å²) in [6, 6.07) is 8.17. The van der Waals surface area contributed by atoms with Crippen molar-refractivity contribution in [2.45, 2.75) is 6.92 Å². The number of carbonyl (C=O) groups excluding carboxylic acids is 1. The number of nitro groups is 1. The summed E-state index contributed by atoms with van der Waals surface area (Å²) >= 11 is 0. The van der Waals surface area contributed by atoms with Gasteiger partial charge in [0.05, 0.1) is 29.4 Å². The maximum atomic E-state index is 13.3. The van der Waals surface area contributed by atoms with Crippen LogP contribution in [0.4, 0.5) is 27.1 Å². The first-order valence-electron chi connectivity index (χ1n) is 7.83. The molecule has 0 heterocycles. The van der Waals surface area contributed by atoms with E-state index in [4.69, 9.17) is 5.11 Å². The highest BCUT2D eigenvalue weighted by Gasteiger charge is 2.12. The quantitative estimate of drug-likeness (QED) is 0.423. The number of rotatable bonds is 8. The minimum atomic E-state index is -0.544. The third-order valence-corrected chi connectivity index (χ3v) is 3.55. The molecule has 2 aromatic carbocycles. The summed E-state index contributed by atoms with van der Waals surface area (Å²) in [5.74, 6) is -0.897. The van der Waals surface area contributed by atoms with Crippen molar-refractivity contribution in [3.63, 3.8) is 0 Å². The molecule has 8 nitrogen and oxygen atoms in total. The van der Waals surface area contributed by atoms with Crippen LogP contribution in [0.2, 0.25) is 0 Å². The molecule has 0 aliphatic carbocycles. The first kappa shape index (κ1) is 19.1. The van der Waals surface area contributed by atoms with Gasteiger partial charge in [-0.3, -0.25) is 14.9 Å². The summed E-state index contributed by atoms with van der Waals surface area (Å²) in [7, 11) is 0. The second-order valence-corrected chi connectivity index (χ2v) is 5.50. The van der Waals surface area contributed by atoms with E-state index in [2.05, 4.69) is 16.0 Å². The van der Waals surface area contributed by atoms with Crippen molar-refractivity contribution in [1.82, 2.24) is 0 Å². The first-order chi connectivity index (χ1) is 12.4. The molecule has 1 amide bonds. The molecule has 0 fully saturated rings. The fourth-order valence-corrected chi connectivity index (χ4v) is 2.24. The van der Waals surface area contributed by atoms with Gasteiger partial charge in [0, 0.05) is 24.4 Å². The highest BCUT2D eigenvalue weighted by Crippen LogP contribution is 2.27. The predicted molar refractivity (Wildman–Crippen MR) is 96.9 cm³/mol. The molecule has 0 unspecified atom stereocenters. The SMILES string of the molecule is Cc1ccc(F)cc1NC(=O)CNc1cc([N+](=O)[O-])ccc1NCCO. The number of nitrogens with zero attached hydrogens (tertiary/aromatic N) is 1. The van der Waals surface area contributed by atoms with Crippen LogP contribution in [0, 0.1) is 22.9 Å². The largest absolute Gasteiger partial charge is 0.395 e. The Morgan fingerprint density at radius 1 is 1.15 bits per heavy atom. The molecule has 0 saturated heterocycles. The molecule has 138 valence electrons. The number of benzene rings is 2. The number of nitro benzene ring substituents is 1. The number of nitrogens with one attached hydrogen (secondary N) is 3. The summed E-state index contributed by atoms with van der Waals surface area (Å²) in [5.41, 5.74) is 1.79. The molecule has 26 heavy (non-hydrogen) atoms. The van der Waals surface area contributed by atoms with Gasteiger partial charge in [0.25, 0.3) is 5.69 Å². The molecule has 0 saturated carbocycles. The van der Waals surface area contributed by atoms with Crippen molar-refractivity contribution in [1.29, 1.82) is 0 Å². The van der Waals surface area contributed by atoms with E-state index >= 15 is 0 Å². The molecule has 0 spiro atoms. The third-order valence-electron chi connectivity index (χ3n) is 3.55. The molecule has 0 radical (unpaired) electrons. The van der Waals surface area contributed by atoms with Gasteiger partial charge in [-0.1, -0.05) is 6.07 Å².